The molecule has 0 aliphatic rings. The van der Waals surface area contributed by atoms with E-state index in [-0.39, 0.29) is 11.4 Å². The van der Waals surface area contributed by atoms with Crippen LogP contribution in [0.5, 0.6) is 17.2 Å². The molecule has 0 saturated heterocycles. The maximum atomic E-state index is 13.4. The average Bonchev–Trinajstić information content (AvgIpc) is 2.86. The lowest BCUT2D eigenvalue weighted by Crippen LogP contribution is -2.40. The van der Waals surface area contributed by atoms with Crippen molar-refractivity contribution in [2.75, 3.05) is 32.2 Å². The quantitative estimate of drug-likeness (QED) is 0.432. The third-order valence-corrected chi connectivity index (χ3v) is 7.27. The smallest absolute Gasteiger partial charge is 0.264 e. The second-order valence-corrected chi connectivity index (χ2v) is 9.91. The van der Waals surface area contributed by atoms with Crippen molar-refractivity contribution in [2.24, 2.45) is 0 Å². The Morgan fingerprint density at radius 1 is 0.914 bits per heavy atom. The standard InChI is InChI=1S/C25H27ClN2O6S/c1-17-5-9-20(10-6-17)28(35(30,31)21-11-7-19(26)8-12-21)16-24(29)27-15-18-13-22(32-2)25(34-4)23(14-18)33-3/h5-14H,15-16H2,1-4H3,(H,27,29). The number of hydrogen-bond acceptors (Lipinski definition) is 6. The highest BCUT2D eigenvalue weighted by Gasteiger charge is 2.27. The van der Waals surface area contributed by atoms with E-state index in [1.54, 1.807) is 36.4 Å². The molecule has 0 saturated carbocycles. The highest BCUT2D eigenvalue weighted by molar-refractivity contribution is 7.92. The van der Waals surface area contributed by atoms with Crippen LogP contribution in [-0.4, -0.2) is 42.2 Å². The number of amides is 1. The Morgan fingerprint density at radius 2 is 1.49 bits per heavy atom. The molecule has 10 heteroatoms. The highest BCUT2D eigenvalue weighted by atomic mass is 35.5. The topological polar surface area (TPSA) is 94.2 Å². The number of sulfonamides is 1. The van der Waals surface area contributed by atoms with Crippen LogP contribution in [0.3, 0.4) is 0 Å². The maximum Gasteiger partial charge on any atom is 0.264 e. The monoisotopic (exact) mass is 518 g/mol. The minimum absolute atomic E-state index is 0.0277. The molecule has 0 aliphatic carbocycles. The van der Waals surface area contributed by atoms with Gasteiger partial charge in [-0.2, -0.15) is 0 Å². The van der Waals surface area contributed by atoms with Crippen LogP contribution in [0.25, 0.3) is 0 Å². The number of carbonyl (C=O) groups is 1. The van der Waals surface area contributed by atoms with Crippen molar-refractivity contribution < 1.29 is 27.4 Å². The van der Waals surface area contributed by atoms with E-state index in [4.69, 9.17) is 25.8 Å². The Labute approximate surface area is 210 Å². The van der Waals surface area contributed by atoms with Crippen molar-refractivity contribution in [1.29, 1.82) is 0 Å². The van der Waals surface area contributed by atoms with E-state index < -0.39 is 22.5 Å². The molecule has 0 atom stereocenters. The molecule has 0 heterocycles. The number of halogens is 1. The second-order valence-electron chi connectivity index (χ2n) is 7.61. The highest BCUT2D eigenvalue weighted by Crippen LogP contribution is 2.38. The van der Waals surface area contributed by atoms with Crippen LogP contribution in [0, 0.1) is 6.92 Å². The molecule has 1 amide bonds. The Kier molecular flexibility index (Phi) is 8.48. The van der Waals surface area contributed by atoms with Crippen molar-refractivity contribution in [3.05, 3.63) is 76.8 Å². The lowest BCUT2D eigenvalue weighted by molar-refractivity contribution is -0.119. The summed E-state index contributed by atoms with van der Waals surface area (Å²) in [5.41, 5.74) is 2.02. The molecule has 0 bridgehead atoms. The predicted molar refractivity (Wildman–Crippen MR) is 135 cm³/mol. The molecule has 186 valence electrons. The SMILES string of the molecule is COc1cc(CNC(=O)CN(c2ccc(C)cc2)S(=O)(=O)c2ccc(Cl)cc2)cc(OC)c1OC. The first kappa shape index (κ1) is 26.2. The summed E-state index contributed by atoms with van der Waals surface area (Å²) in [7, 11) is 0.469. The first-order valence-electron chi connectivity index (χ1n) is 10.6. The molecule has 0 unspecified atom stereocenters. The van der Waals surface area contributed by atoms with Gasteiger partial charge in [-0.15, -0.1) is 0 Å². The van der Waals surface area contributed by atoms with Crippen molar-refractivity contribution >= 4 is 33.2 Å². The van der Waals surface area contributed by atoms with Gasteiger partial charge < -0.3 is 19.5 Å². The molecule has 0 aliphatic heterocycles. The molecule has 3 aromatic carbocycles. The van der Waals surface area contributed by atoms with E-state index in [9.17, 15) is 13.2 Å². The number of carbonyl (C=O) groups excluding carboxylic acids is 1. The number of nitrogens with one attached hydrogen (secondary N) is 1. The number of rotatable bonds is 10. The van der Waals surface area contributed by atoms with Crippen molar-refractivity contribution in [3.63, 3.8) is 0 Å². The van der Waals surface area contributed by atoms with Crippen LogP contribution in [0.4, 0.5) is 5.69 Å². The van der Waals surface area contributed by atoms with Gasteiger partial charge in [0.1, 0.15) is 6.54 Å². The number of aryl methyl sites for hydroxylation is 1. The van der Waals surface area contributed by atoms with Gasteiger partial charge in [0.05, 0.1) is 31.9 Å². The molecule has 8 nitrogen and oxygen atoms in total. The molecular weight excluding hydrogens is 492 g/mol. The number of nitrogens with zero attached hydrogens (tertiary/aromatic N) is 1. The van der Waals surface area contributed by atoms with Gasteiger partial charge >= 0.3 is 0 Å². The van der Waals surface area contributed by atoms with E-state index in [1.165, 1.54) is 45.6 Å². The van der Waals surface area contributed by atoms with Gasteiger partial charge in [0.15, 0.2) is 11.5 Å². The number of benzene rings is 3. The molecule has 3 rings (SSSR count). The summed E-state index contributed by atoms with van der Waals surface area (Å²) >= 11 is 5.92. The summed E-state index contributed by atoms with van der Waals surface area (Å²) in [4.78, 5) is 12.9. The Hall–Kier alpha value is -3.43. The van der Waals surface area contributed by atoms with Gasteiger partial charge in [-0.05, 0) is 61.0 Å². The fourth-order valence-electron chi connectivity index (χ4n) is 3.38. The summed E-state index contributed by atoms with van der Waals surface area (Å²) in [6, 6.07) is 16.1. The van der Waals surface area contributed by atoms with Gasteiger partial charge in [-0.1, -0.05) is 29.3 Å². The molecule has 0 spiro atoms. The van der Waals surface area contributed by atoms with Crippen molar-refractivity contribution in [1.82, 2.24) is 5.32 Å². The number of hydrogen-bond donors (Lipinski definition) is 1. The van der Waals surface area contributed by atoms with Crippen LogP contribution in [0.1, 0.15) is 11.1 Å². The molecular formula is C25H27ClN2O6S. The Bertz CT molecular complexity index is 1250. The molecule has 0 fully saturated rings. The average molecular weight is 519 g/mol. The van der Waals surface area contributed by atoms with Crippen LogP contribution in [0.2, 0.25) is 5.02 Å². The van der Waals surface area contributed by atoms with E-state index in [0.717, 1.165) is 9.87 Å². The minimum atomic E-state index is -4.03. The lowest BCUT2D eigenvalue weighted by atomic mass is 10.1. The molecule has 0 aromatic heterocycles. The van der Waals surface area contributed by atoms with E-state index in [1.807, 2.05) is 6.92 Å². The van der Waals surface area contributed by atoms with Crippen LogP contribution in [0.15, 0.2) is 65.6 Å². The molecule has 35 heavy (non-hydrogen) atoms. The lowest BCUT2D eigenvalue weighted by Gasteiger charge is -2.24. The van der Waals surface area contributed by atoms with Crippen LogP contribution < -0.4 is 23.8 Å². The van der Waals surface area contributed by atoms with Crippen molar-refractivity contribution in [3.8, 4) is 17.2 Å². The fraction of sp³-hybridized carbons (Fsp3) is 0.240. The first-order chi connectivity index (χ1) is 16.7. The zero-order valence-electron chi connectivity index (χ0n) is 19.9. The van der Waals surface area contributed by atoms with Gasteiger partial charge in [0.25, 0.3) is 10.0 Å². The summed E-state index contributed by atoms with van der Waals surface area (Å²) in [5, 5.41) is 3.18. The van der Waals surface area contributed by atoms with Crippen molar-refractivity contribution in [2.45, 2.75) is 18.4 Å². The summed E-state index contributed by atoms with van der Waals surface area (Å²) in [6.07, 6.45) is 0. The van der Waals surface area contributed by atoms with Gasteiger partial charge in [-0.3, -0.25) is 9.10 Å². The summed E-state index contributed by atoms with van der Waals surface area (Å²) in [6.45, 7) is 1.60. The third-order valence-electron chi connectivity index (χ3n) is 5.22. The summed E-state index contributed by atoms with van der Waals surface area (Å²) < 4.78 is 43.9. The zero-order chi connectivity index (χ0) is 25.6. The molecule has 3 aromatic rings. The van der Waals surface area contributed by atoms with Crippen LogP contribution in [-0.2, 0) is 21.4 Å². The first-order valence-corrected chi connectivity index (χ1v) is 12.4. The second kappa shape index (κ2) is 11.3. The van der Waals surface area contributed by atoms with Gasteiger partial charge in [0, 0.05) is 11.6 Å². The fourth-order valence-corrected chi connectivity index (χ4v) is 4.93. The number of methoxy groups -OCH3 is 3. The van der Waals surface area contributed by atoms with Gasteiger partial charge in [-0.25, -0.2) is 8.42 Å². The Morgan fingerprint density at radius 3 is 2.00 bits per heavy atom. The molecule has 1 N–H and O–H groups in total. The molecule has 0 radical (unpaired) electrons. The maximum absolute atomic E-state index is 13.4. The number of ether oxygens (including phenoxy) is 3. The minimum Gasteiger partial charge on any atom is -0.493 e. The predicted octanol–water partition coefficient (Wildman–Crippen LogP) is 4.19. The Balaban J connectivity index is 1.85. The van der Waals surface area contributed by atoms with Gasteiger partial charge in [0.2, 0.25) is 11.7 Å². The summed E-state index contributed by atoms with van der Waals surface area (Å²) in [5.74, 6) is 0.840. The largest absolute Gasteiger partial charge is 0.493 e. The normalized spacial score (nSPS) is 11.0. The number of anilines is 1. The van der Waals surface area contributed by atoms with E-state index in [2.05, 4.69) is 5.32 Å². The van der Waals surface area contributed by atoms with E-state index >= 15 is 0 Å². The van der Waals surface area contributed by atoms with E-state index in [0.29, 0.717) is 33.5 Å². The third kappa shape index (κ3) is 6.17. The van der Waals surface area contributed by atoms with Crippen LogP contribution >= 0.6 is 11.6 Å². The zero-order valence-corrected chi connectivity index (χ0v) is 21.4.